The summed E-state index contributed by atoms with van der Waals surface area (Å²) in [7, 11) is 0. The number of carbonyl (C=O) groups excluding carboxylic acids is 1. The quantitative estimate of drug-likeness (QED) is 0.695. The van der Waals surface area contributed by atoms with Crippen LogP contribution in [0.15, 0.2) is 36.5 Å². The lowest BCUT2D eigenvalue weighted by atomic mass is 10.2. The number of amides is 1. The van der Waals surface area contributed by atoms with Crippen LogP contribution in [0.5, 0.6) is 0 Å². The van der Waals surface area contributed by atoms with Crippen LogP contribution in [0.2, 0.25) is 5.02 Å². The predicted molar refractivity (Wildman–Crippen MR) is 75.0 cm³/mol. The lowest BCUT2D eigenvalue weighted by Crippen LogP contribution is -2.14. The molecule has 0 aliphatic rings. The van der Waals surface area contributed by atoms with E-state index in [-0.39, 0.29) is 16.3 Å². The molecule has 20 heavy (non-hydrogen) atoms. The SMILES string of the molecule is Cc1cccnc1NC(=O)c1ccc(Cl)c([N+](=O)[O-])c1. The molecule has 0 aliphatic carbocycles. The van der Waals surface area contributed by atoms with Crippen LogP contribution in [0, 0.1) is 17.0 Å². The van der Waals surface area contributed by atoms with Gasteiger partial charge >= 0.3 is 0 Å². The number of hydrogen-bond donors (Lipinski definition) is 1. The van der Waals surface area contributed by atoms with E-state index >= 15 is 0 Å². The molecule has 1 heterocycles. The van der Waals surface area contributed by atoms with Gasteiger partial charge in [0.05, 0.1) is 4.92 Å². The highest BCUT2D eigenvalue weighted by Crippen LogP contribution is 2.25. The van der Waals surface area contributed by atoms with Crippen molar-refractivity contribution in [2.24, 2.45) is 0 Å². The zero-order chi connectivity index (χ0) is 14.7. The minimum atomic E-state index is -0.634. The number of nitro groups is 1. The van der Waals surface area contributed by atoms with Gasteiger partial charge in [0, 0.05) is 17.8 Å². The number of nitrogens with one attached hydrogen (secondary N) is 1. The molecule has 1 aromatic carbocycles. The highest BCUT2D eigenvalue weighted by molar-refractivity contribution is 6.32. The van der Waals surface area contributed by atoms with Crippen LogP contribution in [0.25, 0.3) is 0 Å². The van der Waals surface area contributed by atoms with Crippen LogP contribution in [-0.4, -0.2) is 15.8 Å². The molecule has 102 valence electrons. The van der Waals surface area contributed by atoms with Crippen LogP contribution >= 0.6 is 11.6 Å². The molecule has 0 bridgehead atoms. The van der Waals surface area contributed by atoms with E-state index in [2.05, 4.69) is 10.3 Å². The maximum absolute atomic E-state index is 12.0. The van der Waals surface area contributed by atoms with Crippen LogP contribution in [0.4, 0.5) is 11.5 Å². The van der Waals surface area contributed by atoms with Crippen LogP contribution in [0.3, 0.4) is 0 Å². The van der Waals surface area contributed by atoms with Crippen molar-refractivity contribution in [1.29, 1.82) is 0 Å². The van der Waals surface area contributed by atoms with Gasteiger partial charge in [0.15, 0.2) is 0 Å². The van der Waals surface area contributed by atoms with Gasteiger partial charge in [0.1, 0.15) is 10.8 Å². The zero-order valence-electron chi connectivity index (χ0n) is 10.5. The van der Waals surface area contributed by atoms with Gasteiger partial charge in [-0.2, -0.15) is 0 Å². The van der Waals surface area contributed by atoms with Gasteiger partial charge in [-0.25, -0.2) is 4.98 Å². The lowest BCUT2D eigenvalue weighted by molar-refractivity contribution is -0.384. The molecule has 0 unspecified atom stereocenters. The minimum Gasteiger partial charge on any atom is -0.306 e. The van der Waals surface area contributed by atoms with Crippen molar-refractivity contribution in [3.63, 3.8) is 0 Å². The number of hydrogen-bond acceptors (Lipinski definition) is 4. The zero-order valence-corrected chi connectivity index (χ0v) is 11.2. The van der Waals surface area contributed by atoms with Crippen molar-refractivity contribution in [2.45, 2.75) is 6.92 Å². The third-order valence-corrected chi connectivity index (χ3v) is 2.97. The van der Waals surface area contributed by atoms with E-state index in [1.807, 2.05) is 0 Å². The van der Waals surface area contributed by atoms with E-state index in [0.29, 0.717) is 5.82 Å². The van der Waals surface area contributed by atoms with Crippen molar-refractivity contribution in [3.05, 3.63) is 62.8 Å². The van der Waals surface area contributed by atoms with Crippen LogP contribution < -0.4 is 5.32 Å². The standard InChI is InChI=1S/C13H10ClN3O3/c1-8-3-2-6-15-12(8)16-13(18)9-4-5-10(14)11(7-9)17(19)20/h2-7H,1H3,(H,15,16,18). The number of nitrogens with zero attached hydrogens (tertiary/aromatic N) is 2. The highest BCUT2D eigenvalue weighted by Gasteiger charge is 2.16. The number of nitro benzene ring substituents is 1. The summed E-state index contributed by atoms with van der Waals surface area (Å²) in [6.45, 7) is 1.80. The van der Waals surface area contributed by atoms with E-state index in [1.165, 1.54) is 12.1 Å². The number of halogens is 1. The van der Waals surface area contributed by atoms with Gasteiger partial charge in [0.25, 0.3) is 11.6 Å². The number of benzene rings is 1. The first-order valence-electron chi connectivity index (χ1n) is 5.66. The van der Waals surface area contributed by atoms with Gasteiger partial charge in [-0.15, -0.1) is 0 Å². The first-order valence-corrected chi connectivity index (χ1v) is 6.04. The summed E-state index contributed by atoms with van der Waals surface area (Å²) in [4.78, 5) is 26.2. The fourth-order valence-electron chi connectivity index (χ4n) is 1.59. The number of aromatic nitrogens is 1. The molecule has 0 radical (unpaired) electrons. The Morgan fingerprint density at radius 1 is 1.40 bits per heavy atom. The summed E-state index contributed by atoms with van der Waals surface area (Å²) in [5.41, 5.74) is 0.632. The van der Waals surface area contributed by atoms with Gasteiger partial charge in [-0.1, -0.05) is 17.7 Å². The first-order chi connectivity index (χ1) is 9.49. The molecule has 2 aromatic rings. The molecule has 7 heteroatoms. The second kappa shape index (κ2) is 5.66. The molecule has 0 atom stereocenters. The lowest BCUT2D eigenvalue weighted by Gasteiger charge is -2.07. The van der Waals surface area contributed by atoms with Crippen molar-refractivity contribution >= 4 is 29.0 Å². The Labute approximate surface area is 119 Å². The van der Waals surface area contributed by atoms with E-state index in [4.69, 9.17) is 11.6 Å². The number of aryl methyl sites for hydroxylation is 1. The molecular formula is C13H10ClN3O3. The molecule has 1 amide bonds. The maximum Gasteiger partial charge on any atom is 0.288 e. The van der Waals surface area contributed by atoms with Gasteiger partial charge in [-0.3, -0.25) is 14.9 Å². The summed E-state index contributed by atoms with van der Waals surface area (Å²) in [5.74, 6) is -0.0679. The Bertz CT molecular complexity index is 688. The average molecular weight is 292 g/mol. The second-order valence-corrected chi connectivity index (χ2v) is 4.45. The summed E-state index contributed by atoms with van der Waals surface area (Å²) in [6, 6.07) is 7.42. The van der Waals surface area contributed by atoms with Crippen LogP contribution in [-0.2, 0) is 0 Å². The van der Waals surface area contributed by atoms with E-state index in [0.717, 1.165) is 11.6 Å². The number of carbonyl (C=O) groups is 1. The molecule has 0 spiro atoms. The Morgan fingerprint density at radius 3 is 2.80 bits per heavy atom. The normalized spacial score (nSPS) is 10.1. The fourth-order valence-corrected chi connectivity index (χ4v) is 1.78. The molecule has 0 saturated carbocycles. The monoisotopic (exact) mass is 291 g/mol. The number of pyridine rings is 1. The van der Waals surface area contributed by atoms with Gasteiger partial charge < -0.3 is 5.32 Å². The van der Waals surface area contributed by atoms with Crippen molar-refractivity contribution in [1.82, 2.24) is 4.98 Å². The smallest absolute Gasteiger partial charge is 0.288 e. The van der Waals surface area contributed by atoms with Crippen molar-refractivity contribution < 1.29 is 9.72 Å². The number of rotatable bonds is 3. The summed E-state index contributed by atoms with van der Waals surface area (Å²) in [5, 5.41) is 13.4. The molecule has 0 fully saturated rings. The molecule has 1 N–H and O–H groups in total. The second-order valence-electron chi connectivity index (χ2n) is 4.05. The third-order valence-electron chi connectivity index (χ3n) is 2.65. The molecule has 0 saturated heterocycles. The third kappa shape index (κ3) is 2.92. The number of anilines is 1. The molecule has 2 rings (SSSR count). The first kappa shape index (κ1) is 14.0. The predicted octanol–water partition coefficient (Wildman–Crippen LogP) is 3.20. The topological polar surface area (TPSA) is 85.1 Å². The van der Waals surface area contributed by atoms with Crippen molar-refractivity contribution in [2.75, 3.05) is 5.32 Å². The van der Waals surface area contributed by atoms with E-state index < -0.39 is 10.8 Å². The molecule has 1 aromatic heterocycles. The Kier molecular flexibility index (Phi) is 3.95. The Morgan fingerprint density at radius 2 is 2.15 bits per heavy atom. The Hall–Kier alpha value is -2.47. The van der Waals surface area contributed by atoms with Crippen molar-refractivity contribution in [3.8, 4) is 0 Å². The fraction of sp³-hybridized carbons (Fsp3) is 0.0769. The molecular weight excluding hydrogens is 282 g/mol. The molecule has 0 aliphatic heterocycles. The highest BCUT2D eigenvalue weighted by atomic mass is 35.5. The average Bonchev–Trinajstić information content (AvgIpc) is 2.41. The largest absolute Gasteiger partial charge is 0.306 e. The summed E-state index contributed by atoms with van der Waals surface area (Å²) < 4.78 is 0. The maximum atomic E-state index is 12.0. The van der Waals surface area contributed by atoms with Crippen LogP contribution in [0.1, 0.15) is 15.9 Å². The summed E-state index contributed by atoms with van der Waals surface area (Å²) in [6.07, 6.45) is 1.55. The minimum absolute atomic E-state index is 0.0134. The Balaban J connectivity index is 2.28. The van der Waals surface area contributed by atoms with E-state index in [1.54, 1.807) is 25.3 Å². The molecule has 6 nitrogen and oxygen atoms in total. The van der Waals surface area contributed by atoms with Gasteiger partial charge in [-0.05, 0) is 30.7 Å². The van der Waals surface area contributed by atoms with E-state index in [9.17, 15) is 14.9 Å². The van der Waals surface area contributed by atoms with Gasteiger partial charge in [0.2, 0.25) is 0 Å². The summed E-state index contributed by atoms with van der Waals surface area (Å²) >= 11 is 5.70.